The standard InChI is InChI=1S/C20H19ClF2N6O/c1-20(2)4-3-10-7-25-14-6-13(21)28(29(14)17(10)20)15-5-11(18(22)23)16(19(30)27-15)12-8-24-9-26-12/h5-9,13,18H,3-4H2,1-2H3,(H,24,26)(H,27,30). The van der Waals surface area contributed by atoms with Crippen LogP contribution in [0.2, 0.25) is 0 Å². The van der Waals surface area contributed by atoms with E-state index >= 15 is 0 Å². The molecule has 0 spiro atoms. The summed E-state index contributed by atoms with van der Waals surface area (Å²) in [6.07, 6.45) is 5.21. The second kappa shape index (κ2) is 6.53. The van der Waals surface area contributed by atoms with Crippen molar-refractivity contribution in [3.8, 4) is 11.3 Å². The number of fused-ring (bicyclic) bond motifs is 2. The second-order valence-electron chi connectivity index (χ2n) is 8.15. The largest absolute Gasteiger partial charge is 0.344 e. The molecule has 2 N–H and O–H groups in total. The Morgan fingerprint density at radius 3 is 2.87 bits per heavy atom. The Hall–Kier alpha value is -2.94. The molecule has 0 bridgehead atoms. The van der Waals surface area contributed by atoms with Gasteiger partial charge in [-0.2, -0.15) is 0 Å². The Kier molecular flexibility index (Phi) is 4.15. The highest BCUT2D eigenvalue weighted by Crippen LogP contribution is 2.50. The number of H-pyrrole nitrogens is 2. The summed E-state index contributed by atoms with van der Waals surface area (Å²) >= 11 is 6.58. The topological polar surface area (TPSA) is 80.4 Å². The van der Waals surface area contributed by atoms with Gasteiger partial charge in [0.15, 0.2) is 5.82 Å². The third-order valence-corrected chi connectivity index (χ3v) is 6.09. The van der Waals surface area contributed by atoms with Crippen molar-refractivity contribution >= 4 is 23.6 Å². The van der Waals surface area contributed by atoms with Crippen LogP contribution in [-0.2, 0) is 0 Å². The van der Waals surface area contributed by atoms with Gasteiger partial charge in [-0.1, -0.05) is 25.4 Å². The molecule has 1 atom stereocenters. The highest BCUT2D eigenvalue weighted by atomic mass is 35.5. The van der Waals surface area contributed by atoms with Crippen LogP contribution in [0.1, 0.15) is 38.7 Å². The summed E-state index contributed by atoms with van der Waals surface area (Å²) in [5.41, 5.74) is 0.303. The molecule has 2 aliphatic heterocycles. The fourth-order valence-corrected chi connectivity index (χ4v) is 4.69. The highest BCUT2D eigenvalue weighted by Gasteiger charge is 2.45. The van der Waals surface area contributed by atoms with Gasteiger partial charge in [0.1, 0.15) is 11.3 Å². The van der Waals surface area contributed by atoms with Crippen molar-refractivity contribution < 1.29 is 8.78 Å². The minimum Gasteiger partial charge on any atom is -0.344 e. The Morgan fingerprint density at radius 2 is 2.17 bits per heavy atom. The summed E-state index contributed by atoms with van der Waals surface area (Å²) in [5.74, 6) is 0.789. The van der Waals surface area contributed by atoms with E-state index in [0.717, 1.165) is 24.1 Å². The third-order valence-electron chi connectivity index (χ3n) is 5.78. The fraction of sp³-hybridized carbons (Fsp3) is 0.350. The zero-order chi connectivity index (χ0) is 21.2. The van der Waals surface area contributed by atoms with Crippen LogP contribution >= 0.6 is 11.6 Å². The number of nitrogens with zero attached hydrogens (tertiary/aromatic N) is 4. The molecule has 2 aromatic heterocycles. The smallest absolute Gasteiger partial charge is 0.264 e. The van der Waals surface area contributed by atoms with E-state index in [4.69, 9.17) is 11.6 Å². The second-order valence-corrected chi connectivity index (χ2v) is 8.60. The van der Waals surface area contributed by atoms with Crippen molar-refractivity contribution in [2.45, 2.75) is 38.6 Å². The van der Waals surface area contributed by atoms with Crippen LogP contribution in [0.15, 0.2) is 51.5 Å². The molecule has 5 rings (SSSR count). The van der Waals surface area contributed by atoms with Crippen molar-refractivity contribution in [1.29, 1.82) is 0 Å². The van der Waals surface area contributed by atoms with Crippen molar-refractivity contribution in [3.05, 3.63) is 57.7 Å². The SMILES string of the molecule is CC1(C)CCC2=C1N1C(=CC(Cl)N1c1cc(C(F)F)c(-c3cnc[nH]3)c(=O)[nH]1)N=C2. The van der Waals surface area contributed by atoms with Gasteiger partial charge in [-0.05, 0) is 30.6 Å². The van der Waals surface area contributed by atoms with Crippen molar-refractivity contribution in [2.24, 2.45) is 10.4 Å². The number of pyridine rings is 1. The van der Waals surface area contributed by atoms with Crippen LogP contribution in [0.3, 0.4) is 0 Å². The molecule has 0 fully saturated rings. The number of aromatic nitrogens is 3. The molecule has 10 heteroatoms. The van der Waals surface area contributed by atoms with Crippen molar-refractivity contribution in [2.75, 3.05) is 5.01 Å². The number of hydrazine groups is 1. The number of halogens is 3. The van der Waals surface area contributed by atoms with Crippen LogP contribution in [0, 0.1) is 5.41 Å². The fourth-order valence-electron chi connectivity index (χ4n) is 4.39. The summed E-state index contributed by atoms with van der Waals surface area (Å²) < 4.78 is 27.9. The van der Waals surface area contributed by atoms with E-state index in [1.54, 1.807) is 11.1 Å². The molecule has 0 saturated heterocycles. The summed E-state index contributed by atoms with van der Waals surface area (Å²) in [6, 6.07) is 1.27. The highest BCUT2D eigenvalue weighted by molar-refractivity contribution is 6.23. The zero-order valence-corrected chi connectivity index (χ0v) is 17.0. The monoisotopic (exact) mass is 432 g/mol. The van der Waals surface area contributed by atoms with Crippen LogP contribution in [0.25, 0.3) is 11.3 Å². The van der Waals surface area contributed by atoms with Crippen LogP contribution in [0.5, 0.6) is 0 Å². The average Bonchev–Trinajstić information content (AvgIpc) is 3.38. The first-order valence-electron chi connectivity index (χ1n) is 9.55. The quantitative estimate of drug-likeness (QED) is 0.559. The number of aliphatic imine (C=N–C) groups is 1. The number of rotatable bonds is 3. The molecule has 0 radical (unpaired) electrons. The molecular formula is C20H19ClF2N6O. The maximum atomic E-state index is 13.9. The molecule has 1 aliphatic carbocycles. The number of imidazole rings is 1. The number of alkyl halides is 3. The van der Waals surface area contributed by atoms with Gasteiger partial charge < -0.3 is 9.97 Å². The lowest BCUT2D eigenvalue weighted by atomic mass is 9.89. The third kappa shape index (κ3) is 2.72. The predicted molar refractivity (Wildman–Crippen MR) is 110 cm³/mol. The number of aromatic amines is 2. The Labute approximate surface area is 175 Å². The van der Waals surface area contributed by atoms with Crippen molar-refractivity contribution in [3.63, 3.8) is 0 Å². The number of allylic oxidation sites excluding steroid dienone is 2. The maximum Gasteiger partial charge on any atom is 0.264 e. The van der Waals surface area contributed by atoms with Gasteiger partial charge in [0.2, 0.25) is 0 Å². The van der Waals surface area contributed by atoms with Gasteiger partial charge in [-0.15, -0.1) is 0 Å². The first-order valence-corrected chi connectivity index (χ1v) is 9.98. The summed E-state index contributed by atoms with van der Waals surface area (Å²) in [5, 5.41) is 3.45. The van der Waals surface area contributed by atoms with E-state index in [1.165, 1.54) is 18.6 Å². The molecule has 30 heavy (non-hydrogen) atoms. The van der Waals surface area contributed by atoms with Crippen LogP contribution in [0.4, 0.5) is 14.6 Å². The van der Waals surface area contributed by atoms with Gasteiger partial charge in [0.25, 0.3) is 12.0 Å². The minimum atomic E-state index is -2.86. The van der Waals surface area contributed by atoms with Gasteiger partial charge in [-0.3, -0.25) is 4.79 Å². The molecule has 7 nitrogen and oxygen atoms in total. The molecule has 1 unspecified atom stereocenters. The molecule has 0 aromatic carbocycles. The first-order chi connectivity index (χ1) is 14.3. The van der Waals surface area contributed by atoms with E-state index in [1.807, 2.05) is 11.2 Å². The van der Waals surface area contributed by atoms with Crippen LogP contribution in [-0.4, -0.2) is 31.7 Å². The van der Waals surface area contributed by atoms with Gasteiger partial charge >= 0.3 is 0 Å². The first kappa shape index (κ1) is 19.0. The van der Waals surface area contributed by atoms with E-state index in [9.17, 15) is 13.6 Å². The molecular weight excluding hydrogens is 414 g/mol. The maximum absolute atomic E-state index is 13.9. The lowest BCUT2D eigenvalue weighted by Crippen LogP contribution is -2.45. The molecule has 3 aliphatic rings. The average molecular weight is 433 g/mol. The molecule has 2 aromatic rings. The number of hydrogen-bond donors (Lipinski definition) is 2. The Balaban J connectivity index is 1.66. The van der Waals surface area contributed by atoms with Crippen LogP contribution < -0.4 is 10.6 Å². The van der Waals surface area contributed by atoms with Gasteiger partial charge in [0, 0.05) is 17.2 Å². The summed E-state index contributed by atoms with van der Waals surface area (Å²) in [4.78, 5) is 26.6. The summed E-state index contributed by atoms with van der Waals surface area (Å²) in [7, 11) is 0. The van der Waals surface area contributed by atoms with E-state index in [-0.39, 0.29) is 22.5 Å². The number of anilines is 1. The van der Waals surface area contributed by atoms with Crippen molar-refractivity contribution in [1.82, 2.24) is 20.0 Å². The zero-order valence-electron chi connectivity index (χ0n) is 16.3. The normalized spacial score (nSPS) is 22.1. The van der Waals surface area contributed by atoms with E-state index in [0.29, 0.717) is 5.82 Å². The Morgan fingerprint density at radius 1 is 1.37 bits per heavy atom. The van der Waals surface area contributed by atoms with E-state index < -0.39 is 23.0 Å². The predicted octanol–water partition coefficient (Wildman–Crippen LogP) is 4.30. The Bertz CT molecular complexity index is 1160. The lowest BCUT2D eigenvalue weighted by molar-refractivity contribution is 0.151. The van der Waals surface area contributed by atoms with E-state index in [2.05, 4.69) is 33.8 Å². The molecule has 0 saturated carbocycles. The number of nitrogens with one attached hydrogen (secondary N) is 2. The van der Waals surface area contributed by atoms with Gasteiger partial charge in [-0.25, -0.2) is 28.8 Å². The molecule has 156 valence electrons. The molecule has 0 amide bonds. The minimum absolute atomic E-state index is 0.137. The molecule has 4 heterocycles. The number of hydrogen-bond acceptors (Lipinski definition) is 5. The lowest BCUT2D eigenvalue weighted by Gasteiger charge is -2.40. The van der Waals surface area contributed by atoms with Gasteiger partial charge in [0.05, 0.1) is 29.5 Å². The summed E-state index contributed by atoms with van der Waals surface area (Å²) in [6.45, 7) is 4.25.